The van der Waals surface area contributed by atoms with Gasteiger partial charge in [-0.25, -0.2) is 0 Å². The summed E-state index contributed by atoms with van der Waals surface area (Å²) < 4.78 is 5.92. The van der Waals surface area contributed by atoms with Crippen LogP contribution in [0.1, 0.15) is 44.9 Å². The molecule has 0 aliphatic carbocycles. The lowest BCUT2D eigenvalue weighted by Gasteiger charge is -2.29. The standard InChI is InChI=1S/C17H28N2O/c1-13(11-19-17(2,3)4)18-12-16-15-8-6-5-7-14(15)9-10-20-16/h5-8,13,16,18-19H,9-12H2,1-4H3. The Morgan fingerprint density at radius 3 is 2.80 bits per heavy atom. The fourth-order valence-corrected chi connectivity index (χ4v) is 2.49. The van der Waals surface area contributed by atoms with E-state index >= 15 is 0 Å². The Morgan fingerprint density at radius 2 is 2.05 bits per heavy atom. The summed E-state index contributed by atoms with van der Waals surface area (Å²) in [6.07, 6.45) is 1.23. The molecule has 112 valence electrons. The Bertz CT molecular complexity index is 425. The maximum absolute atomic E-state index is 5.92. The van der Waals surface area contributed by atoms with Crippen LogP contribution in [0.25, 0.3) is 0 Å². The third kappa shape index (κ3) is 4.58. The maximum atomic E-state index is 5.92. The Balaban J connectivity index is 1.83. The van der Waals surface area contributed by atoms with Crippen molar-refractivity contribution in [2.24, 2.45) is 0 Å². The number of nitrogens with one attached hydrogen (secondary N) is 2. The summed E-state index contributed by atoms with van der Waals surface area (Å²) in [5, 5.41) is 7.10. The predicted octanol–water partition coefficient (Wildman–Crippen LogP) is 2.67. The zero-order valence-electron chi connectivity index (χ0n) is 13.2. The van der Waals surface area contributed by atoms with E-state index in [1.807, 2.05) is 0 Å². The largest absolute Gasteiger partial charge is 0.372 e. The van der Waals surface area contributed by atoms with Gasteiger partial charge in [0.25, 0.3) is 0 Å². The topological polar surface area (TPSA) is 33.3 Å². The second kappa shape index (κ2) is 6.70. The quantitative estimate of drug-likeness (QED) is 0.867. The van der Waals surface area contributed by atoms with E-state index in [4.69, 9.17) is 4.74 Å². The summed E-state index contributed by atoms with van der Waals surface area (Å²) in [5.41, 5.74) is 2.96. The van der Waals surface area contributed by atoms with Crippen LogP contribution in [-0.2, 0) is 11.2 Å². The molecule has 1 aromatic carbocycles. The summed E-state index contributed by atoms with van der Waals surface area (Å²) in [7, 11) is 0. The summed E-state index contributed by atoms with van der Waals surface area (Å²) in [6.45, 7) is 11.5. The first kappa shape index (κ1) is 15.5. The van der Waals surface area contributed by atoms with Crippen LogP contribution in [0.4, 0.5) is 0 Å². The first-order valence-corrected chi connectivity index (χ1v) is 7.63. The van der Waals surface area contributed by atoms with Gasteiger partial charge in [-0.05, 0) is 45.2 Å². The monoisotopic (exact) mass is 276 g/mol. The van der Waals surface area contributed by atoms with Crippen LogP contribution in [0.2, 0.25) is 0 Å². The van der Waals surface area contributed by atoms with Crippen molar-refractivity contribution in [1.82, 2.24) is 10.6 Å². The summed E-state index contributed by atoms with van der Waals surface area (Å²) in [6, 6.07) is 9.07. The van der Waals surface area contributed by atoms with E-state index in [2.05, 4.69) is 62.6 Å². The van der Waals surface area contributed by atoms with Gasteiger partial charge in [-0.3, -0.25) is 0 Å². The average Bonchev–Trinajstić information content (AvgIpc) is 2.42. The number of ether oxygens (including phenoxy) is 1. The van der Waals surface area contributed by atoms with Crippen LogP contribution in [0.15, 0.2) is 24.3 Å². The highest BCUT2D eigenvalue weighted by Crippen LogP contribution is 2.26. The molecule has 0 amide bonds. The molecule has 1 aliphatic heterocycles. The zero-order chi connectivity index (χ0) is 14.6. The SMILES string of the molecule is CC(CNC(C)(C)C)NCC1OCCc2ccccc21. The molecule has 0 saturated heterocycles. The van der Waals surface area contributed by atoms with Crippen molar-refractivity contribution >= 4 is 0 Å². The van der Waals surface area contributed by atoms with Crippen molar-refractivity contribution in [3.8, 4) is 0 Å². The minimum atomic E-state index is 0.171. The first-order chi connectivity index (χ1) is 9.46. The molecule has 0 aromatic heterocycles. The molecule has 0 spiro atoms. The third-order valence-electron chi connectivity index (χ3n) is 3.68. The molecule has 2 rings (SSSR count). The molecule has 0 fully saturated rings. The van der Waals surface area contributed by atoms with Crippen molar-refractivity contribution in [1.29, 1.82) is 0 Å². The fourth-order valence-electron chi connectivity index (χ4n) is 2.49. The van der Waals surface area contributed by atoms with Crippen LogP contribution in [0, 0.1) is 0 Å². The van der Waals surface area contributed by atoms with Gasteiger partial charge in [0.2, 0.25) is 0 Å². The molecule has 0 saturated carbocycles. The van der Waals surface area contributed by atoms with Gasteiger partial charge in [0, 0.05) is 24.7 Å². The van der Waals surface area contributed by atoms with Gasteiger partial charge in [-0.1, -0.05) is 24.3 Å². The third-order valence-corrected chi connectivity index (χ3v) is 3.68. The van der Waals surface area contributed by atoms with Crippen LogP contribution >= 0.6 is 0 Å². The number of fused-ring (bicyclic) bond motifs is 1. The van der Waals surface area contributed by atoms with Crippen molar-refractivity contribution in [3.63, 3.8) is 0 Å². The van der Waals surface area contributed by atoms with Gasteiger partial charge < -0.3 is 15.4 Å². The molecule has 0 radical (unpaired) electrons. The lowest BCUT2D eigenvalue weighted by molar-refractivity contribution is 0.0409. The lowest BCUT2D eigenvalue weighted by atomic mass is 9.97. The highest BCUT2D eigenvalue weighted by atomic mass is 16.5. The Morgan fingerprint density at radius 1 is 1.30 bits per heavy atom. The molecule has 2 N–H and O–H groups in total. The van der Waals surface area contributed by atoms with E-state index in [1.165, 1.54) is 11.1 Å². The Hall–Kier alpha value is -0.900. The van der Waals surface area contributed by atoms with Gasteiger partial charge >= 0.3 is 0 Å². The fraction of sp³-hybridized carbons (Fsp3) is 0.647. The predicted molar refractivity (Wildman–Crippen MR) is 84.1 cm³/mol. The molecular formula is C17H28N2O. The Labute approximate surface area is 123 Å². The summed E-state index contributed by atoms with van der Waals surface area (Å²) >= 11 is 0. The summed E-state index contributed by atoms with van der Waals surface area (Å²) in [5.74, 6) is 0. The highest BCUT2D eigenvalue weighted by Gasteiger charge is 2.20. The second-order valence-electron chi connectivity index (χ2n) is 6.75. The smallest absolute Gasteiger partial charge is 0.0952 e. The van der Waals surface area contributed by atoms with Gasteiger partial charge in [0.1, 0.15) is 0 Å². The summed E-state index contributed by atoms with van der Waals surface area (Å²) in [4.78, 5) is 0. The molecule has 2 unspecified atom stereocenters. The van der Waals surface area contributed by atoms with E-state index in [1.54, 1.807) is 0 Å². The Kier molecular flexibility index (Phi) is 5.19. The molecule has 2 atom stereocenters. The van der Waals surface area contributed by atoms with Crippen LogP contribution in [-0.4, -0.2) is 31.3 Å². The average molecular weight is 276 g/mol. The lowest BCUT2D eigenvalue weighted by Crippen LogP contribution is -2.45. The number of benzene rings is 1. The van der Waals surface area contributed by atoms with E-state index in [0.717, 1.165) is 26.1 Å². The molecular weight excluding hydrogens is 248 g/mol. The van der Waals surface area contributed by atoms with Crippen molar-refractivity contribution in [3.05, 3.63) is 35.4 Å². The molecule has 1 aliphatic rings. The molecule has 1 heterocycles. The normalized spacial score (nSPS) is 20.5. The van der Waals surface area contributed by atoms with Crippen molar-refractivity contribution in [2.75, 3.05) is 19.7 Å². The van der Waals surface area contributed by atoms with Gasteiger partial charge in [-0.15, -0.1) is 0 Å². The molecule has 20 heavy (non-hydrogen) atoms. The van der Waals surface area contributed by atoms with Crippen LogP contribution in [0.3, 0.4) is 0 Å². The highest BCUT2D eigenvalue weighted by molar-refractivity contribution is 5.31. The van der Waals surface area contributed by atoms with Gasteiger partial charge in [0.15, 0.2) is 0 Å². The second-order valence-corrected chi connectivity index (χ2v) is 6.75. The molecule has 3 heteroatoms. The zero-order valence-corrected chi connectivity index (χ0v) is 13.2. The minimum Gasteiger partial charge on any atom is -0.372 e. The number of hydrogen-bond donors (Lipinski definition) is 2. The van der Waals surface area contributed by atoms with Crippen molar-refractivity contribution < 1.29 is 4.74 Å². The van der Waals surface area contributed by atoms with Gasteiger partial charge in [0.05, 0.1) is 12.7 Å². The van der Waals surface area contributed by atoms with Crippen molar-refractivity contribution in [2.45, 2.75) is 51.8 Å². The van der Waals surface area contributed by atoms with E-state index in [-0.39, 0.29) is 11.6 Å². The molecule has 1 aromatic rings. The minimum absolute atomic E-state index is 0.171. The van der Waals surface area contributed by atoms with Crippen LogP contribution in [0.5, 0.6) is 0 Å². The van der Waals surface area contributed by atoms with E-state index in [0.29, 0.717) is 6.04 Å². The number of rotatable bonds is 5. The van der Waals surface area contributed by atoms with E-state index < -0.39 is 0 Å². The van der Waals surface area contributed by atoms with E-state index in [9.17, 15) is 0 Å². The molecule has 3 nitrogen and oxygen atoms in total. The number of hydrogen-bond acceptors (Lipinski definition) is 3. The molecule has 0 bridgehead atoms. The maximum Gasteiger partial charge on any atom is 0.0952 e. The van der Waals surface area contributed by atoms with Gasteiger partial charge in [-0.2, -0.15) is 0 Å². The first-order valence-electron chi connectivity index (χ1n) is 7.63. The van der Waals surface area contributed by atoms with Crippen LogP contribution < -0.4 is 10.6 Å².